The van der Waals surface area contributed by atoms with Gasteiger partial charge in [0.1, 0.15) is 6.61 Å². The van der Waals surface area contributed by atoms with Crippen LogP contribution in [0.3, 0.4) is 0 Å². The van der Waals surface area contributed by atoms with Crippen LogP contribution in [0.15, 0.2) is 93.9 Å². The fourth-order valence-corrected chi connectivity index (χ4v) is 5.98. The minimum atomic E-state index is -0.631. The number of aromatic nitrogens is 1. The Kier molecular flexibility index (Phi) is 8.51. The molecule has 0 saturated heterocycles. The number of fused-ring (bicyclic) bond motifs is 1. The van der Waals surface area contributed by atoms with E-state index >= 15 is 0 Å². The molecule has 7 nitrogen and oxygen atoms in total. The SMILES string of the molecule is CCC1=C(C(=O)OC)[C@H](c2ccccc2)n2c(s/c(=C\c3ccc(OCc4ccc(I)cc4)c(OC)c3)c2=O)=N1. The van der Waals surface area contributed by atoms with Crippen LogP contribution < -0.4 is 24.4 Å². The van der Waals surface area contributed by atoms with E-state index in [9.17, 15) is 9.59 Å². The average molecular weight is 667 g/mol. The third-order valence-corrected chi connectivity index (χ3v) is 8.26. The molecule has 5 rings (SSSR count). The van der Waals surface area contributed by atoms with Gasteiger partial charge in [-0.15, -0.1) is 0 Å². The Morgan fingerprint density at radius 2 is 1.80 bits per heavy atom. The number of ether oxygens (including phenoxy) is 3. The van der Waals surface area contributed by atoms with Crippen molar-refractivity contribution < 1.29 is 19.0 Å². The van der Waals surface area contributed by atoms with E-state index < -0.39 is 12.0 Å². The molecule has 0 radical (unpaired) electrons. The number of carbonyl (C=O) groups is 1. The summed E-state index contributed by atoms with van der Waals surface area (Å²) in [5.41, 5.74) is 3.41. The molecular formula is C31H27IN2O5S. The number of allylic oxidation sites excluding steroid dienone is 1. The van der Waals surface area contributed by atoms with Crippen molar-refractivity contribution in [3.8, 4) is 11.5 Å². The van der Waals surface area contributed by atoms with Crippen LogP contribution >= 0.6 is 33.9 Å². The van der Waals surface area contributed by atoms with Crippen LogP contribution in [0.25, 0.3) is 6.08 Å². The molecule has 3 aromatic carbocycles. The van der Waals surface area contributed by atoms with Gasteiger partial charge in [0.25, 0.3) is 5.56 Å². The number of carbonyl (C=O) groups excluding carboxylic acids is 1. The Morgan fingerprint density at radius 3 is 2.48 bits per heavy atom. The topological polar surface area (TPSA) is 79.1 Å². The quantitative estimate of drug-likeness (QED) is 0.196. The summed E-state index contributed by atoms with van der Waals surface area (Å²) >= 11 is 3.56. The van der Waals surface area contributed by atoms with E-state index in [4.69, 9.17) is 19.2 Å². The highest BCUT2D eigenvalue weighted by atomic mass is 127. The zero-order chi connectivity index (χ0) is 28.2. The molecule has 1 aliphatic rings. The molecule has 40 heavy (non-hydrogen) atoms. The molecule has 1 aromatic heterocycles. The first-order valence-electron chi connectivity index (χ1n) is 12.7. The zero-order valence-electron chi connectivity index (χ0n) is 22.2. The number of thiazole rings is 1. The highest BCUT2D eigenvalue weighted by molar-refractivity contribution is 14.1. The Hall–Kier alpha value is -3.70. The molecule has 0 spiro atoms. The van der Waals surface area contributed by atoms with Crippen LogP contribution in [0, 0.1) is 3.57 Å². The number of benzene rings is 3. The van der Waals surface area contributed by atoms with Gasteiger partial charge in [0.2, 0.25) is 0 Å². The molecule has 0 saturated carbocycles. The number of halogens is 1. The zero-order valence-corrected chi connectivity index (χ0v) is 25.2. The largest absolute Gasteiger partial charge is 0.493 e. The molecule has 0 fully saturated rings. The Labute approximate surface area is 249 Å². The van der Waals surface area contributed by atoms with Gasteiger partial charge in [0, 0.05) is 3.57 Å². The van der Waals surface area contributed by atoms with Crippen molar-refractivity contribution in [1.29, 1.82) is 0 Å². The molecule has 0 N–H and O–H groups in total. The molecule has 0 unspecified atom stereocenters. The predicted octanol–water partition coefficient (Wildman–Crippen LogP) is 4.99. The number of esters is 1. The summed E-state index contributed by atoms with van der Waals surface area (Å²) in [6, 6.07) is 22.6. The van der Waals surface area contributed by atoms with Crippen molar-refractivity contribution in [2.45, 2.75) is 26.0 Å². The highest BCUT2D eigenvalue weighted by Gasteiger charge is 2.33. The van der Waals surface area contributed by atoms with Gasteiger partial charge in [-0.25, -0.2) is 9.79 Å². The predicted molar refractivity (Wildman–Crippen MR) is 163 cm³/mol. The molecule has 0 amide bonds. The lowest BCUT2D eigenvalue weighted by Gasteiger charge is -2.25. The molecule has 0 aliphatic carbocycles. The lowest BCUT2D eigenvalue weighted by Crippen LogP contribution is -2.40. The second-order valence-corrected chi connectivity index (χ2v) is 11.3. The summed E-state index contributed by atoms with van der Waals surface area (Å²) in [4.78, 5) is 32.0. The number of methoxy groups -OCH3 is 2. The maximum Gasteiger partial charge on any atom is 0.338 e. The number of nitrogens with zero attached hydrogens (tertiary/aromatic N) is 2. The monoisotopic (exact) mass is 666 g/mol. The summed E-state index contributed by atoms with van der Waals surface area (Å²) < 4.78 is 20.0. The van der Waals surface area contributed by atoms with Crippen molar-refractivity contribution in [2.24, 2.45) is 4.99 Å². The van der Waals surface area contributed by atoms with Gasteiger partial charge in [-0.1, -0.05) is 66.8 Å². The summed E-state index contributed by atoms with van der Waals surface area (Å²) in [7, 11) is 2.93. The van der Waals surface area contributed by atoms with Crippen molar-refractivity contribution in [3.05, 3.63) is 124 Å². The second-order valence-electron chi connectivity index (χ2n) is 9.02. The summed E-state index contributed by atoms with van der Waals surface area (Å²) in [5.74, 6) is 0.684. The first-order chi connectivity index (χ1) is 19.4. The third kappa shape index (κ3) is 5.62. The second kappa shape index (κ2) is 12.2. The minimum Gasteiger partial charge on any atom is -0.493 e. The van der Waals surface area contributed by atoms with Crippen molar-refractivity contribution in [3.63, 3.8) is 0 Å². The Morgan fingerprint density at radius 1 is 1.05 bits per heavy atom. The fraction of sp³-hybridized carbons (Fsp3) is 0.194. The van der Waals surface area contributed by atoms with E-state index in [1.54, 1.807) is 11.7 Å². The van der Waals surface area contributed by atoms with Crippen LogP contribution in [0.1, 0.15) is 36.1 Å². The van der Waals surface area contributed by atoms with Gasteiger partial charge in [0.05, 0.1) is 36.1 Å². The smallest absolute Gasteiger partial charge is 0.338 e. The minimum absolute atomic E-state index is 0.229. The van der Waals surface area contributed by atoms with E-state index in [-0.39, 0.29) is 5.56 Å². The lowest BCUT2D eigenvalue weighted by molar-refractivity contribution is -0.136. The standard InChI is InChI=1S/C31H27IN2O5S/c1-4-23-27(30(36)38-3)28(21-8-6-5-7-9-21)34-29(35)26(40-31(34)33-23)17-20-12-15-24(25(16-20)37-2)39-18-19-10-13-22(32)14-11-19/h5-17,28H,4,18H2,1-3H3/b26-17-/t28-/m0/s1. The maximum atomic E-state index is 13.8. The number of hydrogen-bond donors (Lipinski definition) is 0. The molecule has 4 aromatic rings. The lowest BCUT2D eigenvalue weighted by atomic mass is 9.95. The van der Waals surface area contributed by atoms with E-state index in [0.717, 1.165) is 20.3 Å². The summed E-state index contributed by atoms with van der Waals surface area (Å²) in [6.07, 6.45) is 2.34. The van der Waals surface area contributed by atoms with Crippen LogP contribution in [0.2, 0.25) is 0 Å². The maximum absolute atomic E-state index is 13.8. The van der Waals surface area contributed by atoms with Crippen molar-refractivity contribution >= 4 is 46.0 Å². The highest BCUT2D eigenvalue weighted by Crippen LogP contribution is 2.32. The van der Waals surface area contributed by atoms with Gasteiger partial charge >= 0.3 is 5.97 Å². The van der Waals surface area contributed by atoms with E-state index in [2.05, 4.69) is 22.6 Å². The van der Waals surface area contributed by atoms with Crippen LogP contribution in [0.4, 0.5) is 0 Å². The Balaban J connectivity index is 1.55. The van der Waals surface area contributed by atoms with E-state index in [1.807, 2.05) is 85.8 Å². The van der Waals surface area contributed by atoms with E-state index in [1.165, 1.54) is 18.4 Å². The van der Waals surface area contributed by atoms with Crippen LogP contribution in [-0.2, 0) is 16.1 Å². The van der Waals surface area contributed by atoms with Crippen LogP contribution in [0.5, 0.6) is 11.5 Å². The molecule has 204 valence electrons. The van der Waals surface area contributed by atoms with Gasteiger partial charge in [0.15, 0.2) is 16.3 Å². The molecule has 2 heterocycles. The third-order valence-electron chi connectivity index (χ3n) is 6.56. The van der Waals surface area contributed by atoms with Crippen molar-refractivity contribution in [2.75, 3.05) is 14.2 Å². The summed E-state index contributed by atoms with van der Waals surface area (Å²) in [5, 5.41) is 0. The number of rotatable bonds is 8. The van der Waals surface area contributed by atoms with E-state index in [0.29, 0.717) is 45.1 Å². The first kappa shape index (κ1) is 27.9. The van der Waals surface area contributed by atoms with Gasteiger partial charge in [-0.2, -0.15) is 0 Å². The molecular weight excluding hydrogens is 639 g/mol. The molecule has 1 atom stereocenters. The number of hydrogen-bond acceptors (Lipinski definition) is 7. The average Bonchev–Trinajstić information content (AvgIpc) is 3.30. The van der Waals surface area contributed by atoms with Crippen molar-refractivity contribution in [1.82, 2.24) is 4.57 Å². The Bertz CT molecular complexity index is 1760. The normalized spacial score (nSPS) is 14.9. The summed E-state index contributed by atoms with van der Waals surface area (Å²) in [6.45, 7) is 2.35. The van der Waals surface area contributed by atoms with Gasteiger partial charge in [-0.3, -0.25) is 9.36 Å². The van der Waals surface area contributed by atoms with Gasteiger partial charge in [-0.05, 0) is 76.0 Å². The van der Waals surface area contributed by atoms with Crippen LogP contribution in [-0.4, -0.2) is 24.8 Å². The van der Waals surface area contributed by atoms with Gasteiger partial charge < -0.3 is 14.2 Å². The molecule has 9 heteroatoms. The first-order valence-corrected chi connectivity index (χ1v) is 14.6. The molecule has 0 bridgehead atoms. The molecule has 1 aliphatic heterocycles. The fourth-order valence-electron chi connectivity index (χ4n) is 4.60.